The molecule has 1 aliphatic carbocycles. The highest BCUT2D eigenvalue weighted by molar-refractivity contribution is 6.29. The van der Waals surface area contributed by atoms with E-state index in [1.807, 2.05) is 6.92 Å². The van der Waals surface area contributed by atoms with E-state index in [4.69, 9.17) is 16.3 Å². The Hall–Kier alpha value is -0.870. The van der Waals surface area contributed by atoms with Crippen LogP contribution in [0.5, 0.6) is 0 Å². The van der Waals surface area contributed by atoms with Crippen molar-refractivity contribution in [3.05, 3.63) is 17.0 Å². The van der Waals surface area contributed by atoms with E-state index in [9.17, 15) is 0 Å². The van der Waals surface area contributed by atoms with Gasteiger partial charge in [0.2, 0.25) is 0 Å². The van der Waals surface area contributed by atoms with Crippen LogP contribution in [0.25, 0.3) is 0 Å². The molecular weight excluding hydrogens is 262 g/mol. The molecule has 4 nitrogen and oxygen atoms in total. The zero-order valence-electron chi connectivity index (χ0n) is 11.9. The maximum Gasteiger partial charge on any atom is 0.158 e. The molecule has 1 aromatic rings. The highest BCUT2D eigenvalue weighted by atomic mass is 35.5. The van der Waals surface area contributed by atoms with Crippen LogP contribution < -0.4 is 5.32 Å². The number of nitrogens with one attached hydrogen (secondary N) is 1. The first-order valence-corrected chi connectivity index (χ1v) is 7.24. The van der Waals surface area contributed by atoms with Gasteiger partial charge in [0.15, 0.2) is 5.82 Å². The molecule has 0 radical (unpaired) electrons. The van der Waals surface area contributed by atoms with Gasteiger partial charge in [0.1, 0.15) is 17.6 Å². The molecule has 1 N–H and O–H groups in total. The van der Waals surface area contributed by atoms with Crippen molar-refractivity contribution in [3.63, 3.8) is 0 Å². The van der Waals surface area contributed by atoms with Crippen LogP contribution in [0.15, 0.2) is 6.07 Å². The molecule has 1 aromatic heterocycles. The fourth-order valence-corrected chi connectivity index (χ4v) is 2.77. The Labute approximate surface area is 119 Å². The lowest BCUT2D eigenvalue weighted by Gasteiger charge is -2.18. The van der Waals surface area contributed by atoms with Gasteiger partial charge in [-0.1, -0.05) is 25.4 Å². The summed E-state index contributed by atoms with van der Waals surface area (Å²) in [7, 11) is 0. The van der Waals surface area contributed by atoms with Crippen molar-refractivity contribution in [2.24, 2.45) is 5.41 Å². The minimum absolute atomic E-state index is 0.405. The van der Waals surface area contributed by atoms with Gasteiger partial charge in [0.25, 0.3) is 0 Å². The summed E-state index contributed by atoms with van der Waals surface area (Å²) in [6, 6.07) is 2.25. The summed E-state index contributed by atoms with van der Waals surface area (Å²) in [6.45, 7) is 7.62. The maximum absolute atomic E-state index is 6.02. The third kappa shape index (κ3) is 4.32. The molecule has 19 heavy (non-hydrogen) atoms. The van der Waals surface area contributed by atoms with Gasteiger partial charge in [0, 0.05) is 18.7 Å². The fraction of sp³-hybridized carbons (Fsp3) is 0.714. The van der Waals surface area contributed by atoms with Crippen LogP contribution in [-0.2, 0) is 11.3 Å². The molecule has 0 aromatic carbocycles. The van der Waals surface area contributed by atoms with Crippen LogP contribution in [0.4, 0.5) is 5.82 Å². The fourth-order valence-electron chi connectivity index (χ4n) is 2.56. The number of halogens is 1. The van der Waals surface area contributed by atoms with Crippen LogP contribution in [0, 0.1) is 5.41 Å². The second kappa shape index (κ2) is 6.06. The first kappa shape index (κ1) is 14.5. The number of ether oxygens (including phenoxy) is 1. The van der Waals surface area contributed by atoms with E-state index >= 15 is 0 Å². The first-order valence-electron chi connectivity index (χ1n) is 6.86. The van der Waals surface area contributed by atoms with E-state index in [1.165, 1.54) is 12.8 Å². The number of anilines is 1. The second-order valence-electron chi connectivity index (χ2n) is 5.88. The summed E-state index contributed by atoms with van der Waals surface area (Å²) in [5.74, 6) is 1.44. The molecule has 0 spiro atoms. The Morgan fingerprint density at radius 1 is 1.47 bits per heavy atom. The van der Waals surface area contributed by atoms with Crippen LogP contribution in [0.2, 0.25) is 5.15 Å². The molecule has 1 heterocycles. The van der Waals surface area contributed by atoms with E-state index in [0.717, 1.165) is 12.2 Å². The zero-order chi connectivity index (χ0) is 13.9. The third-order valence-electron chi connectivity index (χ3n) is 3.50. The number of hydrogen-bond donors (Lipinski definition) is 1. The van der Waals surface area contributed by atoms with Crippen LogP contribution in [0.3, 0.4) is 0 Å². The van der Waals surface area contributed by atoms with Crippen molar-refractivity contribution in [1.29, 1.82) is 0 Å². The standard InChI is InChI=1S/C14H22ClN3O/c1-4-19-9-13-17-11(15)7-12(18-13)16-10-5-6-14(2,3)8-10/h7,10H,4-6,8-9H2,1-3H3,(H,16,17,18). The lowest BCUT2D eigenvalue weighted by Crippen LogP contribution is -2.19. The Balaban J connectivity index is 2.02. The zero-order valence-corrected chi connectivity index (χ0v) is 12.6. The summed E-state index contributed by atoms with van der Waals surface area (Å²) in [5, 5.41) is 3.93. The molecule has 106 valence electrons. The van der Waals surface area contributed by atoms with E-state index in [2.05, 4.69) is 29.1 Å². The summed E-state index contributed by atoms with van der Waals surface area (Å²) in [6.07, 6.45) is 3.58. The second-order valence-corrected chi connectivity index (χ2v) is 6.26. The van der Waals surface area contributed by atoms with Gasteiger partial charge in [-0.2, -0.15) is 0 Å². The van der Waals surface area contributed by atoms with Crippen LogP contribution in [0.1, 0.15) is 45.9 Å². The molecule has 2 rings (SSSR count). The van der Waals surface area contributed by atoms with E-state index in [0.29, 0.717) is 35.6 Å². The van der Waals surface area contributed by atoms with Gasteiger partial charge < -0.3 is 10.1 Å². The number of nitrogens with zero attached hydrogens (tertiary/aromatic N) is 2. The number of hydrogen-bond acceptors (Lipinski definition) is 4. The highest BCUT2D eigenvalue weighted by Gasteiger charge is 2.30. The number of aromatic nitrogens is 2. The van der Waals surface area contributed by atoms with Crippen molar-refractivity contribution in [2.45, 2.75) is 52.7 Å². The maximum atomic E-state index is 6.02. The van der Waals surface area contributed by atoms with Gasteiger partial charge in [-0.05, 0) is 31.6 Å². The Bertz CT molecular complexity index is 437. The Morgan fingerprint density at radius 3 is 2.89 bits per heavy atom. The predicted octanol–water partition coefficient (Wildman–Crippen LogP) is 3.66. The van der Waals surface area contributed by atoms with Crippen molar-refractivity contribution < 1.29 is 4.74 Å². The topological polar surface area (TPSA) is 47.0 Å². The van der Waals surface area contributed by atoms with Gasteiger partial charge in [-0.3, -0.25) is 0 Å². The minimum atomic E-state index is 0.405. The normalized spacial score (nSPS) is 21.6. The SMILES string of the molecule is CCOCc1nc(Cl)cc(NC2CCC(C)(C)C2)n1. The average molecular weight is 284 g/mol. The lowest BCUT2D eigenvalue weighted by atomic mass is 9.92. The smallest absolute Gasteiger partial charge is 0.158 e. The third-order valence-corrected chi connectivity index (χ3v) is 3.69. The summed E-state index contributed by atoms with van der Waals surface area (Å²) < 4.78 is 5.32. The molecule has 1 fully saturated rings. The number of rotatable bonds is 5. The van der Waals surface area contributed by atoms with Crippen molar-refractivity contribution >= 4 is 17.4 Å². The average Bonchev–Trinajstić information content (AvgIpc) is 2.65. The highest BCUT2D eigenvalue weighted by Crippen LogP contribution is 2.38. The van der Waals surface area contributed by atoms with Gasteiger partial charge >= 0.3 is 0 Å². The van der Waals surface area contributed by atoms with Crippen molar-refractivity contribution in [3.8, 4) is 0 Å². The lowest BCUT2D eigenvalue weighted by molar-refractivity contribution is 0.128. The molecule has 0 aliphatic heterocycles. The van der Waals surface area contributed by atoms with E-state index in [-0.39, 0.29) is 0 Å². The first-order chi connectivity index (χ1) is 8.98. The van der Waals surface area contributed by atoms with Crippen molar-refractivity contribution in [1.82, 2.24) is 9.97 Å². The molecular formula is C14H22ClN3O. The van der Waals surface area contributed by atoms with Gasteiger partial charge in [0.05, 0.1) is 0 Å². The molecule has 1 atom stereocenters. The minimum Gasteiger partial charge on any atom is -0.374 e. The van der Waals surface area contributed by atoms with Crippen LogP contribution in [-0.4, -0.2) is 22.6 Å². The Morgan fingerprint density at radius 2 is 2.26 bits per heavy atom. The molecule has 0 amide bonds. The summed E-state index contributed by atoms with van der Waals surface area (Å²) in [4.78, 5) is 8.61. The summed E-state index contributed by atoms with van der Waals surface area (Å²) in [5.41, 5.74) is 0.419. The monoisotopic (exact) mass is 283 g/mol. The Kier molecular flexibility index (Phi) is 4.63. The molecule has 1 saturated carbocycles. The van der Waals surface area contributed by atoms with Crippen LogP contribution >= 0.6 is 11.6 Å². The van der Waals surface area contributed by atoms with Gasteiger partial charge in [-0.15, -0.1) is 0 Å². The molecule has 5 heteroatoms. The van der Waals surface area contributed by atoms with Crippen molar-refractivity contribution in [2.75, 3.05) is 11.9 Å². The molecule has 1 aliphatic rings. The summed E-state index contributed by atoms with van der Waals surface area (Å²) >= 11 is 6.02. The van der Waals surface area contributed by atoms with Gasteiger partial charge in [-0.25, -0.2) is 9.97 Å². The quantitative estimate of drug-likeness (QED) is 0.838. The van der Waals surface area contributed by atoms with E-state index in [1.54, 1.807) is 6.07 Å². The predicted molar refractivity (Wildman–Crippen MR) is 77.4 cm³/mol. The van der Waals surface area contributed by atoms with E-state index < -0.39 is 0 Å². The molecule has 0 bridgehead atoms. The molecule has 1 unspecified atom stereocenters. The largest absolute Gasteiger partial charge is 0.374 e. The molecule has 0 saturated heterocycles.